The molecule has 0 saturated heterocycles. The fourth-order valence-corrected chi connectivity index (χ4v) is 3.56. The number of hydrogen-bond acceptors (Lipinski definition) is 8. The molecule has 0 saturated carbocycles. The third-order valence-electron chi connectivity index (χ3n) is 4.92. The second-order valence-electron chi connectivity index (χ2n) is 8.42. The molecule has 186 valence electrons. The van der Waals surface area contributed by atoms with Gasteiger partial charge in [-0.25, -0.2) is 9.59 Å². The molecule has 0 unspecified atom stereocenters. The highest BCUT2D eigenvalue weighted by Gasteiger charge is 2.26. The van der Waals surface area contributed by atoms with Gasteiger partial charge in [0.1, 0.15) is 16.9 Å². The van der Waals surface area contributed by atoms with E-state index in [0.29, 0.717) is 35.0 Å². The Balaban J connectivity index is 2.44. The lowest BCUT2D eigenvalue weighted by atomic mass is 9.96. The second kappa shape index (κ2) is 11.0. The number of hydrogen-bond donors (Lipinski definition) is 1. The molecule has 0 atom stereocenters. The van der Waals surface area contributed by atoms with Crippen LogP contribution in [0.3, 0.4) is 0 Å². The zero-order chi connectivity index (χ0) is 25.6. The monoisotopic (exact) mass is 476 g/mol. The van der Waals surface area contributed by atoms with E-state index in [9.17, 15) is 14.7 Å². The van der Waals surface area contributed by atoms with Crippen LogP contribution in [0.4, 0.5) is 0 Å². The summed E-state index contributed by atoms with van der Waals surface area (Å²) in [7, 11) is 6.05. The maximum absolute atomic E-state index is 12.0. The Bertz CT molecular complexity index is 1050. The highest BCUT2D eigenvalue weighted by Crippen LogP contribution is 2.49. The van der Waals surface area contributed by atoms with E-state index in [1.165, 1.54) is 40.6 Å². The molecule has 2 aromatic carbocycles. The first kappa shape index (κ1) is 26.6. The second-order valence-corrected chi connectivity index (χ2v) is 8.42. The Kier molecular flexibility index (Phi) is 8.62. The van der Waals surface area contributed by atoms with Crippen LogP contribution in [0, 0.1) is 6.92 Å². The van der Waals surface area contributed by atoms with Crippen LogP contribution in [0.15, 0.2) is 18.2 Å². The molecule has 0 spiro atoms. The fourth-order valence-electron chi connectivity index (χ4n) is 3.56. The van der Waals surface area contributed by atoms with Crippen molar-refractivity contribution in [2.24, 2.45) is 0 Å². The standard InChI is InChI=1S/C25H32O9/c1-14-16(21(30-6)23(32-8)22(31-7)20(14)29-5)11-15-9-10-18(17(12-15)24(27)28)33-13-19(26)34-25(2,3)4/h9-10,12H,11,13H2,1-8H3,(H,27,28). The van der Waals surface area contributed by atoms with E-state index >= 15 is 0 Å². The van der Waals surface area contributed by atoms with Gasteiger partial charge in [-0.15, -0.1) is 0 Å². The van der Waals surface area contributed by atoms with E-state index in [2.05, 4.69) is 0 Å². The average Bonchev–Trinajstić information content (AvgIpc) is 2.77. The minimum Gasteiger partial charge on any atom is -0.492 e. The van der Waals surface area contributed by atoms with Gasteiger partial charge in [0.25, 0.3) is 0 Å². The van der Waals surface area contributed by atoms with Crippen LogP contribution in [0.1, 0.15) is 47.8 Å². The van der Waals surface area contributed by atoms with Crippen LogP contribution in [-0.2, 0) is 16.0 Å². The molecule has 9 nitrogen and oxygen atoms in total. The van der Waals surface area contributed by atoms with E-state index in [4.69, 9.17) is 28.4 Å². The molecular weight excluding hydrogens is 444 g/mol. The predicted molar refractivity (Wildman–Crippen MR) is 125 cm³/mol. The molecule has 0 amide bonds. The number of carboxylic acid groups (broad SMARTS) is 1. The van der Waals surface area contributed by atoms with Gasteiger partial charge in [0.05, 0.1) is 28.4 Å². The van der Waals surface area contributed by atoms with Gasteiger partial charge in [0, 0.05) is 17.5 Å². The normalized spacial score (nSPS) is 10.9. The van der Waals surface area contributed by atoms with Crippen molar-refractivity contribution in [3.63, 3.8) is 0 Å². The minimum atomic E-state index is -1.19. The molecule has 0 fully saturated rings. The third kappa shape index (κ3) is 6.03. The van der Waals surface area contributed by atoms with Crippen molar-refractivity contribution >= 4 is 11.9 Å². The summed E-state index contributed by atoms with van der Waals surface area (Å²) in [6.07, 6.45) is 0.318. The number of benzene rings is 2. The van der Waals surface area contributed by atoms with Gasteiger partial charge in [0.2, 0.25) is 11.5 Å². The number of aromatic carboxylic acids is 1. The molecule has 34 heavy (non-hydrogen) atoms. The average molecular weight is 477 g/mol. The van der Waals surface area contributed by atoms with E-state index < -0.39 is 24.1 Å². The van der Waals surface area contributed by atoms with Crippen LogP contribution in [0.5, 0.6) is 28.7 Å². The zero-order valence-corrected chi connectivity index (χ0v) is 20.9. The molecule has 0 bridgehead atoms. The molecule has 0 aliphatic heterocycles. The maximum Gasteiger partial charge on any atom is 0.344 e. The lowest BCUT2D eigenvalue weighted by molar-refractivity contribution is -0.157. The van der Waals surface area contributed by atoms with Crippen LogP contribution >= 0.6 is 0 Å². The van der Waals surface area contributed by atoms with Crippen molar-refractivity contribution in [1.29, 1.82) is 0 Å². The molecule has 9 heteroatoms. The molecule has 0 aromatic heterocycles. The van der Waals surface area contributed by atoms with Gasteiger partial charge < -0.3 is 33.5 Å². The maximum atomic E-state index is 12.0. The number of carbonyl (C=O) groups excluding carboxylic acids is 1. The molecule has 0 aliphatic carbocycles. The Morgan fingerprint density at radius 3 is 1.94 bits per heavy atom. The fraction of sp³-hybridized carbons (Fsp3) is 0.440. The number of carboxylic acids is 1. The van der Waals surface area contributed by atoms with Crippen LogP contribution in [0.2, 0.25) is 0 Å². The van der Waals surface area contributed by atoms with Gasteiger partial charge in [0.15, 0.2) is 18.1 Å². The number of ether oxygens (including phenoxy) is 6. The number of methoxy groups -OCH3 is 4. The van der Waals surface area contributed by atoms with Gasteiger partial charge >= 0.3 is 11.9 Å². The Labute approximate surface area is 199 Å². The topological polar surface area (TPSA) is 110 Å². The first-order valence-electron chi connectivity index (χ1n) is 10.5. The van der Waals surface area contributed by atoms with Crippen molar-refractivity contribution in [3.8, 4) is 28.7 Å². The van der Waals surface area contributed by atoms with Crippen LogP contribution in [-0.4, -0.2) is 57.7 Å². The molecule has 2 rings (SSSR count). The van der Waals surface area contributed by atoms with Gasteiger partial charge in [-0.1, -0.05) is 6.07 Å². The number of carbonyl (C=O) groups is 2. The number of esters is 1. The van der Waals surface area contributed by atoms with Crippen LogP contribution in [0.25, 0.3) is 0 Å². The molecule has 0 heterocycles. The summed E-state index contributed by atoms with van der Waals surface area (Å²) in [5, 5.41) is 9.72. The van der Waals surface area contributed by atoms with Crippen LogP contribution < -0.4 is 23.7 Å². The largest absolute Gasteiger partial charge is 0.492 e. The van der Waals surface area contributed by atoms with E-state index in [-0.39, 0.29) is 11.3 Å². The van der Waals surface area contributed by atoms with E-state index in [1.54, 1.807) is 26.8 Å². The highest BCUT2D eigenvalue weighted by atomic mass is 16.6. The SMILES string of the molecule is COc1c(C)c(Cc2ccc(OCC(=O)OC(C)(C)C)c(C(=O)O)c2)c(OC)c(OC)c1OC. The summed E-state index contributed by atoms with van der Waals surface area (Å²) >= 11 is 0. The van der Waals surface area contributed by atoms with Crippen molar-refractivity contribution in [3.05, 3.63) is 40.5 Å². The van der Waals surface area contributed by atoms with Crippen molar-refractivity contribution in [2.75, 3.05) is 35.0 Å². The summed E-state index contributed by atoms with van der Waals surface area (Å²) in [5.41, 5.74) is 1.44. The van der Waals surface area contributed by atoms with Gasteiger partial charge in [-0.2, -0.15) is 0 Å². The Morgan fingerprint density at radius 2 is 1.44 bits per heavy atom. The summed E-state index contributed by atoms with van der Waals surface area (Å²) in [4.78, 5) is 23.9. The third-order valence-corrected chi connectivity index (χ3v) is 4.92. The zero-order valence-electron chi connectivity index (χ0n) is 20.9. The number of rotatable bonds is 10. The molecule has 0 radical (unpaired) electrons. The van der Waals surface area contributed by atoms with Crippen molar-refractivity contribution in [1.82, 2.24) is 0 Å². The van der Waals surface area contributed by atoms with Crippen molar-refractivity contribution < 1.29 is 43.1 Å². The quantitative estimate of drug-likeness (QED) is 0.508. The first-order chi connectivity index (χ1) is 16.0. The lowest BCUT2D eigenvalue weighted by Crippen LogP contribution is -2.27. The molecule has 1 N–H and O–H groups in total. The Morgan fingerprint density at radius 1 is 0.882 bits per heavy atom. The van der Waals surface area contributed by atoms with E-state index in [1.807, 2.05) is 6.92 Å². The van der Waals surface area contributed by atoms with Gasteiger partial charge in [-0.05, 0) is 45.4 Å². The summed E-state index contributed by atoms with van der Waals surface area (Å²) in [5.74, 6) is 0.0140. The Hall–Kier alpha value is -3.62. The van der Waals surface area contributed by atoms with Crippen molar-refractivity contribution in [2.45, 2.75) is 39.7 Å². The first-order valence-corrected chi connectivity index (χ1v) is 10.5. The molecule has 0 aliphatic rings. The smallest absolute Gasteiger partial charge is 0.344 e. The summed E-state index contributed by atoms with van der Waals surface area (Å²) in [6, 6.07) is 4.73. The highest BCUT2D eigenvalue weighted by molar-refractivity contribution is 5.91. The van der Waals surface area contributed by atoms with Gasteiger partial charge in [-0.3, -0.25) is 0 Å². The molecule has 2 aromatic rings. The summed E-state index contributed by atoms with van der Waals surface area (Å²) in [6.45, 7) is 6.66. The summed E-state index contributed by atoms with van der Waals surface area (Å²) < 4.78 is 32.8. The predicted octanol–water partition coefficient (Wildman–Crippen LogP) is 4.04. The van der Waals surface area contributed by atoms with E-state index in [0.717, 1.165) is 11.1 Å². The molecular formula is C25H32O9. The minimum absolute atomic E-state index is 0.0655. The lowest BCUT2D eigenvalue weighted by Gasteiger charge is -2.22.